The lowest BCUT2D eigenvalue weighted by atomic mass is 10.1. The summed E-state index contributed by atoms with van der Waals surface area (Å²) in [6.45, 7) is 2.98. The van der Waals surface area contributed by atoms with E-state index in [0.717, 1.165) is 30.1 Å². The van der Waals surface area contributed by atoms with Gasteiger partial charge in [0.05, 0.1) is 25.0 Å². The molecule has 7 heteroatoms. The van der Waals surface area contributed by atoms with Gasteiger partial charge in [0, 0.05) is 11.9 Å². The average Bonchev–Trinajstić information content (AvgIpc) is 3.02. The molecule has 0 saturated heterocycles. The van der Waals surface area contributed by atoms with E-state index in [1.165, 1.54) is 11.5 Å². The number of aromatic nitrogens is 4. The van der Waals surface area contributed by atoms with Gasteiger partial charge in [-0.25, -0.2) is 0 Å². The zero-order chi connectivity index (χ0) is 13.0. The number of nitrogens with one attached hydrogen (secondary N) is 1. The molecule has 0 aromatic carbocycles. The minimum Gasteiger partial charge on any atom is -0.493 e. The van der Waals surface area contributed by atoms with Crippen molar-refractivity contribution in [2.75, 3.05) is 14.2 Å². The molecule has 0 saturated carbocycles. The molecule has 6 nitrogen and oxygen atoms in total. The molecular weight excluding hydrogens is 250 g/mol. The Bertz CT molecular complexity index is 482. The summed E-state index contributed by atoms with van der Waals surface area (Å²) in [6.07, 6.45) is 2.76. The third kappa shape index (κ3) is 2.37. The first kappa shape index (κ1) is 13.0. The maximum absolute atomic E-state index is 5.39. The minimum absolute atomic E-state index is 0.0484. The van der Waals surface area contributed by atoms with Gasteiger partial charge in [-0.1, -0.05) is 11.4 Å². The fourth-order valence-corrected chi connectivity index (χ4v) is 2.42. The van der Waals surface area contributed by atoms with Crippen LogP contribution >= 0.6 is 11.5 Å². The molecule has 0 radical (unpaired) electrons. The van der Waals surface area contributed by atoms with Gasteiger partial charge in [0.1, 0.15) is 5.69 Å². The third-order valence-electron chi connectivity index (χ3n) is 2.73. The van der Waals surface area contributed by atoms with Crippen molar-refractivity contribution in [3.8, 4) is 5.75 Å². The summed E-state index contributed by atoms with van der Waals surface area (Å²) in [7, 11) is 3.55. The molecule has 98 valence electrons. The summed E-state index contributed by atoms with van der Waals surface area (Å²) in [6, 6.07) is -0.0484. The van der Waals surface area contributed by atoms with Gasteiger partial charge >= 0.3 is 0 Å². The van der Waals surface area contributed by atoms with E-state index in [-0.39, 0.29) is 6.04 Å². The van der Waals surface area contributed by atoms with Crippen molar-refractivity contribution in [1.82, 2.24) is 24.7 Å². The lowest BCUT2D eigenvalue weighted by Crippen LogP contribution is -2.22. The summed E-state index contributed by atoms with van der Waals surface area (Å²) < 4.78 is 11.3. The largest absolute Gasteiger partial charge is 0.493 e. The number of rotatable bonds is 6. The molecule has 2 aromatic rings. The molecule has 1 unspecified atom stereocenters. The number of ether oxygens (including phenoxy) is 1. The maximum atomic E-state index is 5.39. The van der Waals surface area contributed by atoms with Gasteiger partial charge in [0.2, 0.25) is 0 Å². The highest BCUT2D eigenvalue weighted by Crippen LogP contribution is 2.29. The van der Waals surface area contributed by atoms with E-state index in [1.807, 2.05) is 17.1 Å². The second-order valence-corrected chi connectivity index (χ2v) is 4.48. The van der Waals surface area contributed by atoms with Crippen LogP contribution in [-0.4, -0.2) is 33.5 Å². The first-order valence-electron chi connectivity index (χ1n) is 5.85. The quantitative estimate of drug-likeness (QED) is 0.858. The van der Waals surface area contributed by atoms with Crippen LogP contribution < -0.4 is 10.1 Å². The predicted octanol–water partition coefficient (Wildman–Crippen LogP) is 1.46. The van der Waals surface area contributed by atoms with Crippen LogP contribution in [0, 0.1) is 0 Å². The van der Waals surface area contributed by atoms with E-state index in [9.17, 15) is 0 Å². The molecule has 0 fully saturated rings. The number of aryl methyl sites for hydroxylation is 1. The van der Waals surface area contributed by atoms with Crippen molar-refractivity contribution >= 4 is 11.5 Å². The highest BCUT2D eigenvalue weighted by atomic mass is 32.1. The molecule has 18 heavy (non-hydrogen) atoms. The highest BCUT2D eigenvalue weighted by Gasteiger charge is 2.23. The smallest absolute Gasteiger partial charge is 0.161 e. The summed E-state index contributed by atoms with van der Waals surface area (Å²) in [5.41, 5.74) is 1.88. The fraction of sp³-hybridized carbons (Fsp3) is 0.545. The summed E-state index contributed by atoms with van der Waals surface area (Å²) in [4.78, 5) is 0. The van der Waals surface area contributed by atoms with E-state index in [2.05, 4.69) is 26.9 Å². The number of hydrogen-bond donors (Lipinski definition) is 1. The maximum Gasteiger partial charge on any atom is 0.161 e. The van der Waals surface area contributed by atoms with Crippen molar-refractivity contribution in [1.29, 1.82) is 0 Å². The zero-order valence-electron chi connectivity index (χ0n) is 10.8. The van der Waals surface area contributed by atoms with E-state index >= 15 is 0 Å². The Kier molecular flexibility index (Phi) is 4.27. The van der Waals surface area contributed by atoms with E-state index < -0.39 is 0 Å². The Morgan fingerprint density at radius 1 is 1.56 bits per heavy atom. The zero-order valence-corrected chi connectivity index (χ0v) is 11.6. The Morgan fingerprint density at radius 2 is 2.39 bits per heavy atom. The van der Waals surface area contributed by atoms with Crippen LogP contribution in [0.15, 0.2) is 11.6 Å². The summed E-state index contributed by atoms with van der Waals surface area (Å²) in [5, 5.41) is 13.7. The van der Waals surface area contributed by atoms with Crippen LogP contribution in [0.2, 0.25) is 0 Å². The van der Waals surface area contributed by atoms with Gasteiger partial charge in [-0.15, -0.1) is 5.10 Å². The predicted molar refractivity (Wildman–Crippen MR) is 69.9 cm³/mol. The SMILES string of the molecule is CCCn1ncc(OC)c1C(NC)c1csnn1. The normalized spacial score (nSPS) is 12.6. The average molecular weight is 267 g/mol. The molecule has 2 rings (SSSR count). The third-order valence-corrected chi connectivity index (χ3v) is 3.26. The van der Waals surface area contributed by atoms with Gasteiger partial charge in [0.15, 0.2) is 5.75 Å². The molecule has 2 heterocycles. The van der Waals surface area contributed by atoms with Crippen LogP contribution in [-0.2, 0) is 6.54 Å². The van der Waals surface area contributed by atoms with Crippen LogP contribution in [0.3, 0.4) is 0 Å². The highest BCUT2D eigenvalue weighted by molar-refractivity contribution is 7.03. The van der Waals surface area contributed by atoms with Crippen molar-refractivity contribution < 1.29 is 4.74 Å². The topological polar surface area (TPSA) is 64.9 Å². The first-order chi connectivity index (χ1) is 8.81. The monoisotopic (exact) mass is 267 g/mol. The van der Waals surface area contributed by atoms with Crippen molar-refractivity contribution in [2.45, 2.75) is 25.9 Å². The lowest BCUT2D eigenvalue weighted by molar-refractivity contribution is 0.399. The van der Waals surface area contributed by atoms with Gasteiger partial charge in [-0.3, -0.25) is 4.68 Å². The Labute approximate surface area is 110 Å². The summed E-state index contributed by atoms with van der Waals surface area (Å²) >= 11 is 1.34. The second-order valence-electron chi connectivity index (χ2n) is 3.87. The van der Waals surface area contributed by atoms with Crippen molar-refractivity contribution in [3.63, 3.8) is 0 Å². The molecule has 0 aliphatic carbocycles. The molecular formula is C11H17N5OS. The van der Waals surface area contributed by atoms with Crippen molar-refractivity contribution in [3.05, 3.63) is 23.0 Å². The molecule has 0 bridgehead atoms. The fourth-order valence-electron chi connectivity index (χ4n) is 1.94. The van der Waals surface area contributed by atoms with Crippen molar-refractivity contribution in [2.24, 2.45) is 0 Å². The van der Waals surface area contributed by atoms with Gasteiger partial charge in [0.25, 0.3) is 0 Å². The molecule has 0 aliphatic heterocycles. The van der Waals surface area contributed by atoms with Crippen LogP contribution in [0.25, 0.3) is 0 Å². The van der Waals surface area contributed by atoms with Gasteiger partial charge in [-0.2, -0.15) is 5.10 Å². The second kappa shape index (κ2) is 5.92. The number of methoxy groups -OCH3 is 1. The molecule has 0 amide bonds. The molecule has 1 N–H and O–H groups in total. The van der Waals surface area contributed by atoms with Crippen LogP contribution in [0.4, 0.5) is 0 Å². The minimum atomic E-state index is -0.0484. The Morgan fingerprint density at radius 3 is 2.94 bits per heavy atom. The van der Waals surface area contributed by atoms with Crippen LogP contribution in [0.1, 0.15) is 30.8 Å². The first-order valence-corrected chi connectivity index (χ1v) is 6.69. The summed E-state index contributed by atoms with van der Waals surface area (Å²) in [5.74, 6) is 0.774. The standard InChI is InChI=1S/C11H17N5OS/c1-4-5-16-11(9(17-3)6-13-16)10(12-2)8-7-18-15-14-8/h6-7,10,12H,4-5H2,1-3H3. The number of nitrogens with zero attached hydrogens (tertiary/aromatic N) is 4. The van der Waals surface area contributed by atoms with Gasteiger partial charge in [-0.05, 0) is 25.0 Å². The number of hydrogen-bond acceptors (Lipinski definition) is 6. The van der Waals surface area contributed by atoms with Gasteiger partial charge < -0.3 is 10.1 Å². The Hall–Kier alpha value is -1.47. The lowest BCUT2D eigenvalue weighted by Gasteiger charge is -2.16. The molecule has 2 aromatic heterocycles. The molecule has 0 spiro atoms. The van der Waals surface area contributed by atoms with E-state index in [4.69, 9.17) is 4.74 Å². The van der Waals surface area contributed by atoms with E-state index in [1.54, 1.807) is 13.3 Å². The molecule has 0 aliphatic rings. The molecule has 1 atom stereocenters. The van der Waals surface area contributed by atoms with E-state index in [0.29, 0.717) is 0 Å². The van der Waals surface area contributed by atoms with Crippen LogP contribution in [0.5, 0.6) is 5.75 Å². The Balaban J connectivity index is 2.42.